The molecule has 0 saturated carbocycles. The molecule has 1 saturated heterocycles. The van der Waals surface area contributed by atoms with Crippen molar-refractivity contribution in [3.05, 3.63) is 89.2 Å². The topological polar surface area (TPSA) is 75.5 Å². The van der Waals surface area contributed by atoms with Crippen molar-refractivity contribution in [1.29, 1.82) is 0 Å². The second-order valence-corrected chi connectivity index (χ2v) is 10.3. The maximum absolute atomic E-state index is 13.4. The maximum Gasteiger partial charge on any atom is 0.244 e. The van der Waals surface area contributed by atoms with Crippen LogP contribution in [0.4, 0.5) is 0 Å². The number of hydrogen-bond acceptors (Lipinski definition) is 4. The van der Waals surface area contributed by atoms with E-state index in [0.717, 1.165) is 24.8 Å². The molecule has 37 heavy (non-hydrogen) atoms. The van der Waals surface area contributed by atoms with Gasteiger partial charge in [0.15, 0.2) is 5.78 Å². The molecule has 2 aromatic carbocycles. The molecule has 7 heteroatoms. The van der Waals surface area contributed by atoms with Crippen LogP contribution in [0.5, 0.6) is 0 Å². The summed E-state index contributed by atoms with van der Waals surface area (Å²) in [5.41, 5.74) is 4.01. The molecule has 2 heterocycles. The summed E-state index contributed by atoms with van der Waals surface area (Å²) in [6.07, 6.45) is 6.17. The summed E-state index contributed by atoms with van der Waals surface area (Å²) >= 11 is 0. The first-order valence-corrected chi connectivity index (χ1v) is 13.1. The Morgan fingerprint density at radius 1 is 1.05 bits per heavy atom. The van der Waals surface area contributed by atoms with E-state index in [1.54, 1.807) is 17.1 Å². The Kier molecular flexibility index (Phi) is 7.22. The van der Waals surface area contributed by atoms with Crippen LogP contribution in [-0.4, -0.2) is 63.4 Å². The van der Waals surface area contributed by atoms with Crippen molar-refractivity contribution in [1.82, 2.24) is 19.6 Å². The summed E-state index contributed by atoms with van der Waals surface area (Å²) in [4.78, 5) is 42.9. The molecule has 0 radical (unpaired) electrons. The fourth-order valence-electron chi connectivity index (χ4n) is 5.92. The van der Waals surface area contributed by atoms with Gasteiger partial charge >= 0.3 is 0 Å². The van der Waals surface area contributed by atoms with Gasteiger partial charge in [0.2, 0.25) is 11.8 Å². The van der Waals surface area contributed by atoms with Crippen molar-refractivity contribution in [3.63, 3.8) is 0 Å². The van der Waals surface area contributed by atoms with Gasteiger partial charge in [-0.05, 0) is 54.9 Å². The van der Waals surface area contributed by atoms with Crippen molar-refractivity contribution in [2.75, 3.05) is 20.1 Å². The van der Waals surface area contributed by atoms with Gasteiger partial charge in [-0.3, -0.25) is 19.1 Å². The number of rotatable bonds is 7. The Morgan fingerprint density at radius 2 is 1.78 bits per heavy atom. The minimum Gasteiger partial charge on any atom is -0.342 e. The molecular formula is C30H34N4O3. The minimum atomic E-state index is -0.374. The zero-order valence-electron chi connectivity index (χ0n) is 21.5. The second-order valence-electron chi connectivity index (χ2n) is 10.3. The Hall–Kier alpha value is -3.74. The number of aromatic nitrogens is 2. The predicted molar refractivity (Wildman–Crippen MR) is 141 cm³/mol. The van der Waals surface area contributed by atoms with Gasteiger partial charge in [0, 0.05) is 50.6 Å². The third-order valence-electron chi connectivity index (χ3n) is 8.16. The monoisotopic (exact) mass is 498 g/mol. The highest BCUT2D eigenvalue weighted by Crippen LogP contribution is 2.36. The first kappa shape index (κ1) is 24.9. The number of piperidine rings is 1. The molecule has 2 atom stereocenters. The third-order valence-corrected chi connectivity index (χ3v) is 8.16. The van der Waals surface area contributed by atoms with Gasteiger partial charge in [0.05, 0.1) is 5.92 Å². The van der Waals surface area contributed by atoms with Gasteiger partial charge in [-0.1, -0.05) is 48.5 Å². The number of likely N-dealkylation sites (N-methyl/N-ethyl adjacent to an activating group) is 1. The maximum atomic E-state index is 13.4. The lowest BCUT2D eigenvalue weighted by Crippen LogP contribution is -2.49. The van der Waals surface area contributed by atoms with Gasteiger partial charge in [0.25, 0.3) is 0 Å². The van der Waals surface area contributed by atoms with Gasteiger partial charge < -0.3 is 9.80 Å². The molecule has 1 fully saturated rings. The van der Waals surface area contributed by atoms with Crippen LogP contribution in [0.2, 0.25) is 0 Å². The molecule has 1 aliphatic heterocycles. The van der Waals surface area contributed by atoms with Crippen LogP contribution < -0.4 is 0 Å². The number of hydrogen-bond donors (Lipinski definition) is 0. The van der Waals surface area contributed by atoms with E-state index in [2.05, 4.69) is 24.2 Å². The predicted octanol–water partition coefficient (Wildman–Crippen LogP) is 3.87. The first-order valence-electron chi connectivity index (χ1n) is 13.1. The third kappa shape index (κ3) is 5.22. The molecule has 7 nitrogen and oxygen atoms in total. The van der Waals surface area contributed by atoms with Gasteiger partial charge in [-0.15, -0.1) is 0 Å². The van der Waals surface area contributed by atoms with E-state index >= 15 is 0 Å². The summed E-state index contributed by atoms with van der Waals surface area (Å²) in [6, 6.07) is 17.7. The number of carbonyl (C=O) groups is 3. The lowest BCUT2D eigenvalue weighted by atomic mass is 9.83. The number of nitrogens with zero attached hydrogens (tertiary/aromatic N) is 4. The highest BCUT2D eigenvalue weighted by molar-refractivity contribution is 6.06. The van der Waals surface area contributed by atoms with Crippen LogP contribution in [0.3, 0.4) is 0 Å². The molecule has 1 aromatic heterocycles. The van der Waals surface area contributed by atoms with Crippen LogP contribution >= 0.6 is 0 Å². The minimum absolute atomic E-state index is 0.0233. The van der Waals surface area contributed by atoms with E-state index in [1.807, 2.05) is 59.3 Å². The Morgan fingerprint density at radius 3 is 2.51 bits per heavy atom. The fraction of sp³-hybridized carbons (Fsp3) is 0.400. The molecular weight excluding hydrogens is 464 g/mol. The van der Waals surface area contributed by atoms with E-state index in [0.29, 0.717) is 18.7 Å². The second kappa shape index (κ2) is 10.7. The number of benzene rings is 2. The summed E-state index contributed by atoms with van der Waals surface area (Å²) in [5, 5.41) is 4.20. The van der Waals surface area contributed by atoms with Crippen molar-refractivity contribution in [2.24, 2.45) is 5.92 Å². The lowest BCUT2D eigenvalue weighted by Gasteiger charge is -2.41. The zero-order chi connectivity index (χ0) is 25.9. The SMILES string of the molecule is Cc1ccccc1C[C@@H](C1CCN(C(=O)[C@H]2CC(=O)c3ccccc32)CC1)N(C)C(=O)Cn1cccn1. The molecule has 0 N–H and O–H groups in total. The number of carbonyl (C=O) groups excluding carboxylic acids is 3. The van der Waals surface area contributed by atoms with Crippen molar-refractivity contribution in [2.45, 2.75) is 51.1 Å². The summed E-state index contributed by atoms with van der Waals surface area (Å²) in [6.45, 7) is 3.60. The average molecular weight is 499 g/mol. The first-order chi connectivity index (χ1) is 17.9. The van der Waals surface area contributed by atoms with Crippen molar-refractivity contribution in [3.8, 4) is 0 Å². The molecule has 0 spiro atoms. The normalized spacial score (nSPS) is 18.5. The summed E-state index contributed by atoms with van der Waals surface area (Å²) < 4.78 is 1.66. The number of ketones is 1. The molecule has 192 valence electrons. The highest BCUT2D eigenvalue weighted by Gasteiger charge is 2.39. The quantitative estimate of drug-likeness (QED) is 0.496. The molecule has 2 aliphatic rings. The highest BCUT2D eigenvalue weighted by atomic mass is 16.2. The van der Waals surface area contributed by atoms with E-state index in [9.17, 15) is 14.4 Å². The number of Topliss-reactive ketones (excluding diaryl/α,β-unsaturated/α-hetero) is 1. The molecule has 5 rings (SSSR count). The number of amides is 2. The van der Waals surface area contributed by atoms with Crippen LogP contribution in [-0.2, 0) is 22.6 Å². The number of likely N-dealkylation sites (tertiary alicyclic amines) is 1. The van der Waals surface area contributed by atoms with Gasteiger partial charge in [-0.25, -0.2) is 0 Å². The standard InChI is InChI=1S/C30H34N4O3/c1-21-8-3-4-9-23(21)18-27(32(2)29(36)20-34-15-7-14-31-34)22-12-16-33(17-13-22)30(37)26-19-28(35)25-11-6-5-10-24(25)26/h3-11,14-15,22,26-27H,12-13,16-20H2,1-2H3/t26-,27-/m0/s1. The average Bonchev–Trinajstić information content (AvgIpc) is 3.55. The molecule has 1 aliphatic carbocycles. The van der Waals surface area contributed by atoms with Crippen LogP contribution in [0.1, 0.15) is 52.2 Å². The largest absolute Gasteiger partial charge is 0.342 e. The lowest BCUT2D eigenvalue weighted by molar-refractivity contribution is -0.137. The Labute approximate surface area is 218 Å². The Bertz CT molecular complexity index is 1280. The zero-order valence-corrected chi connectivity index (χ0v) is 21.5. The van der Waals surface area contributed by atoms with Crippen molar-refractivity contribution >= 4 is 17.6 Å². The van der Waals surface area contributed by atoms with Crippen LogP contribution in [0.15, 0.2) is 67.0 Å². The van der Waals surface area contributed by atoms with Gasteiger partial charge in [0.1, 0.15) is 6.54 Å². The van der Waals surface area contributed by atoms with E-state index in [4.69, 9.17) is 0 Å². The molecule has 0 unspecified atom stereocenters. The smallest absolute Gasteiger partial charge is 0.244 e. The molecule has 2 amide bonds. The molecule has 0 bridgehead atoms. The summed E-state index contributed by atoms with van der Waals surface area (Å²) in [5.74, 6) is 0.0330. The number of fused-ring (bicyclic) bond motifs is 1. The van der Waals surface area contributed by atoms with E-state index in [-0.39, 0.29) is 48.4 Å². The fourth-order valence-corrected chi connectivity index (χ4v) is 5.92. The Balaban J connectivity index is 1.29. The number of aryl methyl sites for hydroxylation is 1. The molecule has 3 aromatic rings. The van der Waals surface area contributed by atoms with Gasteiger partial charge in [-0.2, -0.15) is 5.10 Å². The van der Waals surface area contributed by atoms with Crippen LogP contribution in [0, 0.1) is 12.8 Å². The van der Waals surface area contributed by atoms with Crippen molar-refractivity contribution < 1.29 is 14.4 Å². The van der Waals surface area contributed by atoms with E-state index < -0.39 is 0 Å². The van der Waals surface area contributed by atoms with E-state index in [1.165, 1.54) is 11.1 Å². The van der Waals surface area contributed by atoms with Crippen LogP contribution in [0.25, 0.3) is 0 Å². The summed E-state index contributed by atoms with van der Waals surface area (Å²) in [7, 11) is 1.90.